The van der Waals surface area contributed by atoms with Crippen LogP contribution in [0.5, 0.6) is 0 Å². The molecule has 0 aromatic carbocycles. The lowest BCUT2D eigenvalue weighted by atomic mass is 10.4. The smallest absolute Gasteiger partial charge is 0.325 e. The van der Waals surface area contributed by atoms with Crippen molar-refractivity contribution in [2.24, 2.45) is 0 Å². The van der Waals surface area contributed by atoms with Gasteiger partial charge in [-0.05, 0) is 0 Å². The van der Waals surface area contributed by atoms with Gasteiger partial charge in [-0.25, -0.2) is 18.7 Å². The molecule has 0 saturated heterocycles. The summed E-state index contributed by atoms with van der Waals surface area (Å²) in [6.45, 7) is -0.0593. The zero-order valence-electron chi connectivity index (χ0n) is 8.85. The van der Waals surface area contributed by atoms with Gasteiger partial charge in [0.15, 0.2) is 0 Å². The van der Waals surface area contributed by atoms with Crippen molar-refractivity contribution < 1.29 is 18.3 Å². The van der Waals surface area contributed by atoms with E-state index in [2.05, 4.69) is 14.7 Å². The number of ether oxygens (including phenoxy) is 1. The maximum absolute atomic E-state index is 12.3. The summed E-state index contributed by atoms with van der Waals surface area (Å²) in [5.41, 5.74) is -0.373. The topological polar surface area (TPSA) is 55.3 Å². The summed E-state index contributed by atoms with van der Waals surface area (Å²) >= 11 is 0. The zero-order chi connectivity index (χ0) is 12.1. The summed E-state index contributed by atoms with van der Waals surface area (Å²) in [5.74, 6) is -0.226. The van der Waals surface area contributed by atoms with E-state index >= 15 is 0 Å². The SMILES string of the molecule is COC(=O)CN(C)c1cc(C(F)F)ncn1. The molecule has 7 heteroatoms. The summed E-state index contributed by atoms with van der Waals surface area (Å²) in [4.78, 5) is 19.6. The summed E-state index contributed by atoms with van der Waals surface area (Å²) < 4.78 is 29.1. The van der Waals surface area contributed by atoms with Crippen LogP contribution >= 0.6 is 0 Å². The molecule has 5 nitrogen and oxygen atoms in total. The first-order valence-electron chi connectivity index (χ1n) is 4.42. The standard InChI is InChI=1S/C9H11F2N3O2/c1-14(4-8(15)16-2)7-3-6(9(10)11)12-5-13-7/h3,5,9H,4H2,1-2H3. The molecule has 0 unspecified atom stereocenters. The van der Waals surface area contributed by atoms with Crippen LogP contribution in [0.3, 0.4) is 0 Å². The molecule has 1 aromatic heterocycles. The molecule has 0 atom stereocenters. The third kappa shape index (κ3) is 3.11. The van der Waals surface area contributed by atoms with E-state index < -0.39 is 12.4 Å². The van der Waals surface area contributed by atoms with Gasteiger partial charge in [0.1, 0.15) is 24.4 Å². The van der Waals surface area contributed by atoms with Crippen LogP contribution < -0.4 is 4.90 Å². The van der Waals surface area contributed by atoms with Crippen molar-refractivity contribution in [2.75, 3.05) is 25.6 Å². The van der Waals surface area contributed by atoms with Gasteiger partial charge in [-0.3, -0.25) is 4.79 Å². The molecule has 0 saturated carbocycles. The van der Waals surface area contributed by atoms with Crippen molar-refractivity contribution in [2.45, 2.75) is 6.43 Å². The molecule has 0 amide bonds. The molecule has 1 heterocycles. The first kappa shape index (κ1) is 12.3. The number of rotatable bonds is 4. The Kier molecular flexibility index (Phi) is 4.10. The van der Waals surface area contributed by atoms with Gasteiger partial charge in [-0.1, -0.05) is 0 Å². The van der Waals surface area contributed by atoms with Crippen LogP contribution in [-0.4, -0.2) is 36.6 Å². The lowest BCUT2D eigenvalue weighted by molar-refractivity contribution is -0.138. The van der Waals surface area contributed by atoms with E-state index in [1.807, 2.05) is 0 Å². The molecule has 1 rings (SSSR count). The Morgan fingerprint density at radius 2 is 2.25 bits per heavy atom. The average Bonchev–Trinajstić information content (AvgIpc) is 2.28. The van der Waals surface area contributed by atoms with Crippen LogP contribution in [0.15, 0.2) is 12.4 Å². The minimum atomic E-state index is -2.66. The van der Waals surface area contributed by atoms with Gasteiger partial charge in [0, 0.05) is 13.1 Å². The van der Waals surface area contributed by atoms with Crippen LogP contribution in [0.2, 0.25) is 0 Å². The van der Waals surface area contributed by atoms with Gasteiger partial charge in [-0.2, -0.15) is 0 Å². The van der Waals surface area contributed by atoms with Crippen molar-refractivity contribution in [1.29, 1.82) is 0 Å². The third-order valence-corrected chi connectivity index (χ3v) is 1.88. The number of aromatic nitrogens is 2. The van der Waals surface area contributed by atoms with Crippen LogP contribution in [0, 0.1) is 0 Å². The molecule has 1 aromatic rings. The Morgan fingerprint density at radius 3 is 2.81 bits per heavy atom. The molecule has 0 aliphatic carbocycles. The Hall–Kier alpha value is -1.79. The van der Waals surface area contributed by atoms with E-state index in [0.29, 0.717) is 0 Å². The molecule has 0 bridgehead atoms. The van der Waals surface area contributed by atoms with E-state index in [1.54, 1.807) is 7.05 Å². The van der Waals surface area contributed by atoms with Crippen molar-refractivity contribution in [3.8, 4) is 0 Å². The average molecular weight is 231 g/mol. The summed E-state index contributed by atoms with van der Waals surface area (Å²) in [7, 11) is 2.80. The largest absolute Gasteiger partial charge is 0.468 e. The van der Waals surface area contributed by atoms with E-state index in [4.69, 9.17) is 0 Å². The number of carbonyl (C=O) groups excluding carboxylic acids is 1. The summed E-state index contributed by atoms with van der Waals surface area (Å²) in [5, 5.41) is 0. The Morgan fingerprint density at radius 1 is 1.56 bits per heavy atom. The molecule has 0 aliphatic rings. The number of likely N-dealkylation sites (N-methyl/N-ethyl adjacent to an activating group) is 1. The molecular weight excluding hydrogens is 220 g/mol. The molecule has 88 valence electrons. The Bertz CT molecular complexity index is 374. The van der Waals surface area contributed by atoms with Crippen LogP contribution in [0.25, 0.3) is 0 Å². The highest BCUT2D eigenvalue weighted by Gasteiger charge is 2.13. The maximum atomic E-state index is 12.3. The number of hydrogen-bond acceptors (Lipinski definition) is 5. The van der Waals surface area contributed by atoms with Crippen molar-refractivity contribution in [3.63, 3.8) is 0 Å². The number of esters is 1. The van der Waals surface area contributed by atoms with E-state index in [9.17, 15) is 13.6 Å². The molecule has 0 N–H and O–H groups in total. The van der Waals surface area contributed by atoms with E-state index in [-0.39, 0.29) is 18.1 Å². The highest BCUT2D eigenvalue weighted by Crippen LogP contribution is 2.18. The Labute approximate surface area is 91.1 Å². The van der Waals surface area contributed by atoms with Gasteiger partial charge in [-0.15, -0.1) is 0 Å². The molecule has 0 radical (unpaired) electrons. The number of nitrogens with zero attached hydrogens (tertiary/aromatic N) is 3. The van der Waals surface area contributed by atoms with Gasteiger partial charge < -0.3 is 9.64 Å². The van der Waals surface area contributed by atoms with E-state index in [1.165, 1.54) is 12.0 Å². The predicted molar refractivity (Wildman–Crippen MR) is 52.3 cm³/mol. The molecule has 16 heavy (non-hydrogen) atoms. The minimum absolute atomic E-state index is 0.0593. The number of halogens is 2. The quantitative estimate of drug-likeness (QED) is 0.724. The number of alkyl halides is 2. The monoisotopic (exact) mass is 231 g/mol. The lowest BCUT2D eigenvalue weighted by Gasteiger charge is -2.16. The van der Waals surface area contributed by atoms with Gasteiger partial charge in [0.05, 0.1) is 7.11 Å². The summed E-state index contributed by atoms with van der Waals surface area (Å²) in [6.07, 6.45) is -1.63. The third-order valence-electron chi connectivity index (χ3n) is 1.88. The molecule has 0 fully saturated rings. The zero-order valence-corrected chi connectivity index (χ0v) is 8.85. The van der Waals surface area contributed by atoms with Crippen molar-refractivity contribution in [3.05, 3.63) is 18.1 Å². The highest BCUT2D eigenvalue weighted by molar-refractivity contribution is 5.74. The molecule has 0 aliphatic heterocycles. The first-order valence-corrected chi connectivity index (χ1v) is 4.42. The number of anilines is 1. The van der Waals surface area contributed by atoms with Crippen LogP contribution in [0.1, 0.15) is 12.1 Å². The predicted octanol–water partition coefficient (Wildman–Crippen LogP) is 1.02. The lowest BCUT2D eigenvalue weighted by Crippen LogP contribution is -2.27. The number of carbonyl (C=O) groups is 1. The second-order valence-electron chi connectivity index (χ2n) is 3.03. The minimum Gasteiger partial charge on any atom is -0.468 e. The van der Waals surface area contributed by atoms with Gasteiger partial charge in [0.2, 0.25) is 0 Å². The summed E-state index contributed by atoms with van der Waals surface area (Å²) in [6, 6.07) is 1.13. The maximum Gasteiger partial charge on any atom is 0.325 e. The van der Waals surface area contributed by atoms with E-state index in [0.717, 1.165) is 12.4 Å². The fourth-order valence-corrected chi connectivity index (χ4v) is 1.03. The molecule has 0 spiro atoms. The Balaban J connectivity index is 2.79. The second-order valence-corrected chi connectivity index (χ2v) is 3.03. The van der Waals surface area contributed by atoms with Crippen molar-refractivity contribution >= 4 is 11.8 Å². The van der Waals surface area contributed by atoms with Crippen LogP contribution in [0.4, 0.5) is 14.6 Å². The fraction of sp³-hybridized carbons (Fsp3) is 0.444. The number of methoxy groups -OCH3 is 1. The normalized spacial score (nSPS) is 10.3. The van der Waals surface area contributed by atoms with Crippen LogP contribution in [-0.2, 0) is 9.53 Å². The highest BCUT2D eigenvalue weighted by atomic mass is 19.3. The first-order chi connectivity index (χ1) is 7.54. The fourth-order valence-electron chi connectivity index (χ4n) is 1.03. The van der Waals surface area contributed by atoms with Gasteiger partial charge >= 0.3 is 5.97 Å². The molecular formula is C9H11F2N3O2. The number of hydrogen-bond donors (Lipinski definition) is 0. The van der Waals surface area contributed by atoms with Crippen molar-refractivity contribution in [1.82, 2.24) is 9.97 Å². The van der Waals surface area contributed by atoms with Gasteiger partial charge in [0.25, 0.3) is 6.43 Å². The second kappa shape index (κ2) is 5.34.